The van der Waals surface area contributed by atoms with E-state index in [1.807, 2.05) is 44.2 Å². The molecule has 2 rings (SSSR count). The molecule has 9 heteroatoms. The molecular formula is C22H30N2O6S. The largest absolute Gasteiger partial charge is 0.497 e. The zero-order valence-electron chi connectivity index (χ0n) is 17.9. The molecule has 170 valence electrons. The molecule has 0 bridgehead atoms. The van der Waals surface area contributed by atoms with Crippen molar-refractivity contribution < 1.29 is 28.2 Å². The van der Waals surface area contributed by atoms with Crippen LogP contribution in [0.15, 0.2) is 59.5 Å². The fraction of sp³-hybridized carbons (Fsp3) is 0.409. The van der Waals surface area contributed by atoms with Crippen LogP contribution in [0.25, 0.3) is 0 Å². The van der Waals surface area contributed by atoms with Crippen LogP contribution in [0.3, 0.4) is 0 Å². The molecule has 1 amide bonds. The van der Waals surface area contributed by atoms with E-state index in [4.69, 9.17) is 4.74 Å². The molecular weight excluding hydrogens is 420 g/mol. The van der Waals surface area contributed by atoms with Gasteiger partial charge in [0.15, 0.2) is 0 Å². The molecule has 0 saturated heterocycles. The van der Waals surface area contributed by atoms with Crippen LogP contribution in [-0.4, -0.2) is 61.4 Å². The number of hydrogen-bond donors (Lipinski definition) is 3. The number of carboxylic acid groups (broad SMARTS) is 1. The Hall–Kier alpha value is -2.62. The summed E-state index contributed by atoms with van der Waals surface area (Å²) in [5, 5.41) is 22.4. The Kier molecular flexibility index (Phi) is 8.85. The van der Waals surface area contributed by atoms with Crippen molar-refractivity contribution in [1.29, 1.82) is 0 Å². The maximum Gasteiger partial charge on any atom is 0.404 e. The molecule has 31 heavy (non-hydrogen) atoms. The third kappa shape index (κ3) is 7.23. The third-order valence-corrected chi connectivity index (χ3v) is 6.57. The van der Waals surface area contributed by atoms with Crippen molar-refractivity contribution in [2.24, 2.45) is 5.92 Å². The Morgan fingerprint density at radius 3 is 2.19 bits per heavy atom. The molecule has 2 aromatic rings. The fourth-order valence-electron chi connectivity index (χ4n) is 3.22. The first-order chi connectivity index (χ1) is 14.6. The van der Waals surface area contributed by atoms with Crippen LogP contribution in [0.2, 0.25) is 0 Å². The molecule has 0 saturated carbocycles. The summed E-state index contributed by atoms with van der Waals surface area (Å²) in [5.41, 5.74) is 0.828. The quantitative estimate of drug-likeness (QED) is 0.485. The molecule has 0 heterocycles. The van der Waals surface area contributed by atoms with Gasteiger partial charge < -0.3 is 20.3 Å². The van der Waals surface area contributed by atoms with Crippen LogP contribution in [0, 0.1) is 5.92 Å². The van der Waals surface area contributed by atoms with Gasteiger partial charge in [-0.2, -0.15) is 4.31 Å². The van der Waals surface area contributed by atoms with E-state index in [1.54, 1.807) is 12.1 Å². The molecule has 0 spiro atoms. The number of methoxy groups -OCH3 is 1. The number of aliphatic hydroxyl groups excluding tert-OH is 1. The summed E-state index contributed by atoms with van der Waals surface area (Å²) in [6, 6.07) is 14.3. The molecule has 0 fully saturated rings. The van der Waals surface area contributed by atoms with E-state index >= 15 is 0 Å². The minimum Gasteiger partial charge on any atom is -0.497 e. The molecule has 0 radical (unpaired) electrons. The number of nitrogens with one attached hydrogen (secondary N) is 1. The smallest absolute Gasteiger partial charge is 0.404 e. The van der Waals surface area contributed by atoms with Crippen LogP contribution >= 0.6 is 0 Å². The van der Waals surface area contributed by atoms with Gasteiger partial charge in [0.1, 0.15) is 5.75 Å². The second kappa shape index (κ2) is 11.1. The highest BCUT2D eigenvalue weighted by Crippen LogP contribution is 2.21. The maximum absolute atomic E-state index is 13.2. The highest BCUT2D eigenvalue weighted by Gasteiger charge is 2.31. The standard InChI is InChI=1S/C22H30N2O6S/c1-16(2)14-24(31(28,29)19-11-9-18(30-3)10-12-19)15-21(25)20(23-22(26)27)13-17-7-5-4-6-8-17/h4-12,16,20-21,23,25H,13-15H2,1-3H3,(H,26,27). The summed E-state index contributed by atoms with van der Waals surface area (Å²) in [5.74, 6) is 0.531. The summed E-state index contributed by atoms with van der Waals surface area (Å²) in [4.78, 5) is 11.4. The maximum atomic E-state index is 13.2. The normalized spacial score (nSPS) is 13.7. The molecule has 0 aliphatic rings. The van der Waals surface area contributed by atoms with Crippen molar-refractivity contribution in [3.8, 4) is 5.75 Å². The van der Waals surface area contributed by atoms with Gasteiger partial charge in [0, 0.05) is 13.1 Å². The average Bonchev–Trinajstić information content (AvgIpc) is 2.73. The zero-order valence-corrected chi connectivity index (χ0v) is 18.7. The Morgan fingerprint density at radius 1 is 1.06 bits per heavy atom. The average molecular weight is 451 g/mol. The van der Waals surface area contributed by atoms with Gasteiger partial charge >= 0.3 is 6.09 Å². The van der Waals surface area contributed by atoms with E-state index in [9.17, 15) is 23.4 Å². The fourth-order valence-corrected chi connectivity index (χ4v) is 4.84. The molecule has 2 atom stereocenters. The number of ether oxygens (including phenoxy) is 1. The highest BCUT2D eigenvalue weighted by molar-refractivity contribution is 7.89. The number of nitrogens with zero attached hydrogens (tertiary/aromatic N) is 1. The lowest BCUT2D eigenvalue weighted by molar-refractivity contribution is 0.0980. The van der Waals surface area contributed by atoms with Gasteiger partial charge in [-0.3, -0.25) is 0 Å². The summed E-state index contributed by atoms with van der Waals surface area (Å²) < 4.78 is 32.8. The first-order valence-electron chi connectivity index (χ1n) is 9.99. The second-order valence-corrected chi connectivity index (χ2v) is 9.64. The minimum absolute atomic E-state index is 0.000213. The lowest BCUT2D eigenvalue weighted by Gasteiger charge is -2.30. The van der Waals surface area contributed by atoms with Crippen molar-refractivity contribution >= 4 is 16.1 Å². The van der Waals surface area contributed by atoms with Crippen LogP contribution in [0.1, 0.15) is 19.4 Å². The van der Waals surface area contributed by atoms with E-state index in [-0.39, 0.29) is 30.3 Å². The summed E-state index contributed by atoms with van der Waals surface area (Å²) in [7, 11) is -2.42. The lowest BCUT2D eigenvalue weighted by atomic mass is 10.0. The molecule has 0 aromatic heterocycles. The number of hydrogen-bond acceptors (Lipinski definition) is 5. The Balaban J connectivity index is 2.27. The van der Waals surface area contributed by atoms with Crippen LogP contribution in [-0.2, 0) is 16.4 Å². The predicted octanol–water partition coefficient (Wildman–Crippen LogP) is 2.58. The summed E-state index contributed by atoms with van der Waals surface area (Å²) >= 11 is 0. The first-order valence-corrected chi connectivity index (χ1v) is 11.4. The van der Waals surface area contributed by atoms with Crippen LogP contribution in [0.5, 0.6) is 5.75 Å². The van der Waals surface area contributed by atoms with Gasteiger partial charge in [-0.25, -0.2) is 13.2 Å². The van der Waals surface area contributed by atoms with Gasteiger partial charge in [0.25, 0.3) is 0 Å². The van der Waals surface area contributed by atoms with Crippen molar-refractivity contribution in [3.63, 3.8) is 0 Å². The van der Waals surface area contributed by atoms with E-state index in [2.05, 4.69) is 5.32 Å². The third-order valence-electron chi connectivity index (χ3n) is 4.73. The number of amides is 1. The van der Waals surface area contributed by atoms with Crippen molar-refractivity contribution in [2.75, 3.05) is 20.2 Å². The van der Waals surface area contributed by atoms with Crippen LogP contribution < -0.4 is 10.1 Å². The van der Waals surface area contributed by atoms with Gasteiger partial charge in [-0.05, 0) is 42.2 Å². The van der Waals surface area contributed by atoms with Gasteiger partial charge in [-0.1, -0.05) is 44.2 Å². The van der Waals surface area contributed by atoms with Crippen molar-refractivity contribution in [1.82, 2.24) is 9.62 Å². The monoisotopic (exact) mass is 450 g/mol. The SMILES string of the molecule is COc1ccc(S(=O)(=O)N(CC(C)C)CC(O)C(Cc2ccccc2)NC(=O)O)cc1. The minimum atomic E-state index is -3.91. The topological polar surface area (TPSA) is 116 Å². The van der Waals surface area contributed by atoms with E-state index in [0.29, 0.717) is 5.75 Å². The Labute approximate surface area is 183 Å². The number of rotatable bonds is 11. The van der Waals surface area contributed by atoms with E-state index < -0.39 is 28.3 Å². The summed E-state index contributed by atoms with van der Waals surface area (Å²) in [6.45, 7) is 3.68. The number of sulfonamides is 1. The van der Waals surface area contributed by atoms with E-state index in [0.717, 1.165) is 5.56 Å². The number of aliphatic hydroxyl groups is 1. The van der Waals surface area contributed by atoms with Crippen LogP contribution in [0.4, 0.5) is 4.79 Å². The molecule has 0 aliphatic heterocycles. The van der Waals surface area contributed by atoms with Gasteiger partial charge in [-0.15, -0.1) is 0 Å². The molecule has 8 nitrogen and oxygen atoms in total. The second-order valence-electron chi connectivity index (χ2n) is 7.70. The number of carbonyl (C=O) groups is 1. The molecule has 2 unspecified atom stereocenters. The first kappa shape index (κ1) is 24.6. The molecule has 0 aliphatic carbocycles. The Morgan fingerprint density at radius 2 is 1.68 bits per heavy atom. The molecule has 2 aromatic carbocycles. The van der Waals surface area contributed by atoms with E-state index in [1.165, 1.54) is 23.5 Å². The lowest BCUT2D eigenvalue weighted by Crippen LogP contribution is -2.50. The summed E-state index contributed by atoms with van der Waals surface area (Å²) in [6.07, 6.45) is -2.30. The Bertz CT molecular complexity index is 932. The van der Waals surface area contributed by atoms with Gasteiger partial charge in [0.05, 0.1) is 24.2 Å². The predicted molar refractivity (Wildman–Crippen MR) is 118 cm³/mol. The van der Waals surface area contributed by atoms with Crippen molar-refractivity contribution in [2.45, 2.75) is 37.3 Å². The molecule has 3 N–H and O–H groups in total. The van der Waals surface area contributed by atoms with Gasteiger partial charge in [0.2, 0.25) is 10.0 Å². The van der Waals surface area contributed by atoms with Crippen molar-refractivity contribution in [3.05, 3.63) is 60.2 Å². The zero-order chi connectivity index (χ0) is 23.0. The number of benzene rings is 2. The highest BCUT2D eigenvalue weighted by atomic mass is 32.2.